The van der Waals surface area contributed by atoms with Gasteiger partial charge >= 0.3 is 0 Å². The number of benzene rings is 3. The molecule has 0 atom stereocenters. The maximum atomic E-state index is 12.3. The van der Waals surface area contributed by atoms with Gasteiger partial charge in [-0.15, -0.1) is 11.8 Å². The topological polar surface area (TPSA) is 58.2 Å². The van der Waals surface area contributed by atoms with Gasteiger partial charge in [0, 0.05) is 26.9 Å². The van der Waals surface area contributed by atoms with Gasteiger partial charge < -0.3 is 10.6 Å². The normalized spacial score (nSPS) is 10.7. The van der Waals surface area contributed by atoms with Gasteiger partial charge in [0.1, 0.15) is 0 Å². The van der Waals surface area contributed by atoms with Crippen molar-refractivity contribution in [3.05, 3.63) is 88.9 Å². The molecular formula is C24H23ClN2O2S. The molecule has 0 heterocycles. The number of carbonyl (C=O) groups excluding carboxylic acids is 2. The van der Waals surface area contributed by atoms with E-state index in [1.54, 1.807) is 24.3 Å². The Morgan fingerprint density at radius 1 is 0.900 bits per heavy atom. The van der Waals surface area contributed by atoms with Gasteiger partial charge in [0.25, 0.3) is 5.91 Å². The fraction of sp³-hybridized carbons (Fsp3) is 0.167. The molecule has 0 fully saturated rings. The lowest BCUT2D eigenvalue weighted by Gasteiger charge is -2.09. The molecular weight excluding hydrogens is 416 g/mol. The highest BCUT2D eigenvalue weighted by atomic mass is 35.5. The van der Waals surface area contributed by atoms with Crippen LogP contribution in [0.15, 0.2) is 77.7 Å². The lowest BCUT2D eigenvalue weighted by Crippen LogP contribution is -2.14. The summed E-state index contributed by atoms with van der Waals surface area (Å²) in [6.45, 7) is 4.27. The number of anilines is 2. The van der Waals surface area contributed by atoms with E-state index in [9.17, 15) is 9.59 Å². The van der Waals surface area contributed by atoms with Crippen LogP contribution in [-0.4, -0.2) is 17.6 Å². The monoisotopic (exact) mass is 438 g/mol. The fourth-order valence-corrected chi connectivity index (χ4v) is 3.65. The van der Waals surface area contributed by atoms with Crippen LogP contribution in [0.2, 0.25) is 5.02 Å². The molecule has 0 spiro atoms. The third kappa shape index (κ3) is 6.37. The van der Waals surface area contributed by atoms with Crippen molar-refractivity contribution in [2.24, 2.45) is 0 Å². The van der Waals surface area contributed by atoms with E-state index in [0.29, 0.717) is 27.9 Å². The molecule has 154 valence electrons. The molecule has 0 saturated heterocycles. The molecule has 2 N–H and O–H groups in total. The number of thioether (sulfide) groups is 1. The van der Waals surface area contributed by atoms with Crippen molar-refractivity contribution in [3.8, 4) is 0 Å². The number of halogens is 1. The van der Waals surface area contributed by atoms with E-state index in [0.717, 1.165) is 10.6 Å². The van der Waals surface area contributed by atoms with Crippen LogP contribution in [0.3, 0.4) is 0 Å². The van der Waals surface area contributed by atoms with Crippen molar-refractivity contribution in [1.29, 1.82) is 0 Å². The molecule has 3 rings (SSSR count). The zero-order chi connectivity index (χ0) is 21.5. The summed E-state index contributed by atoms with van der Waals surface area (Å²) in [5, 5.41) is 6.26. The molecule has 0 aliphatic rings. The first-order valence-corrected chi connectivity index (χ1v) is 11.0. The first-order chi connectivity index (χ1) is 14.4. The van der Waals surface area contributed by atoms with Gasteiger partial charge in [-0.3, -0.25) is 9.59 Å². The minimum Gasteiger partial charge on any atom is -0.325 e. The van der Waals surface area contributed by atoms with E-state index in [1.807, 2.05) is 48.5 Å². The summed E-state index contributed by atoms with van der Waals surface area (Å²) in [5.74, 6) is 0.486. The number of carbonyl (C=O) groups is 2. The van der Waals surface area contributed by atoms with Crippen LogP contribution in [0, 0.1) is 0 Å². The Hall–Kier alpha value is -2.76. The molecule has 4 nitrogen and oxygen atoms in total. The van der Waals surface area contributed by atoms with Crippen LogP contribution < -0.4 is 10.6 Å². The van der Waals surface area contributed by atoms with Crippen molar-refractivity contribution in [2.45, 2.75) is 24.7 Å². The Bertz CT molecular complexity index is 1020. The standard InChI is InChI=1S/C24H23ClN2O2S/c1-16(2)17-6-8-20(9-7-17)26-23(28)15-30-22-12-10-21(11-13-22)27-24(29)18-4-3-5-19(25)14-18/h3-14,16H,15H2,1-2H3,(H,26,28)(H,27,29). The molecule has 2 amide bonds. The van der Waals surface area contributed by atoms with E-state index >= 15 is 0 Å². The summed E-state index contributed by atoms with van der Waals surface area (Å²) in [7, 11) is 0. The molecule has 0 unspecified atom stereocenters. The van der Waals surface area contributed by atoms with Gasteiger partial charge in [0.15, 0.2) is 0 Å². The second kappa shape index (κ2) is 10.3. The van der Waals surface area contributed by atoms with Crippen LogP contribution >= 0.6 is 23.4 Å². The molecule has 30 heavy (non-hydrogen) atoms. The lowest BCUT2D eigenvalue weighted by atomic mass is 10.0. The average Bonchev–Trinajstić information content (AvgIpc) is 2.73. The molecule has 0 saturated carbocycles. The molecule has 3 aromatic carbocycles. The summed E-state index contributed by atoms with van der Waals surface area (Å²) >= 11 is 7.37. The Balaban J connectivity index is 1.49. The second-order valence-corrected chi connectivity index (χ2v) is 8.59. The van der Waals surface area contributed by atoms with Gasteiger partial charge in [-0.1, -0.05) is 43.6 Å². The Kier molecular flexibility index (Phi) is 7.55. The highest BCUT2D eigenvalue weighted by molar-refractivity contribution is 8.00. The SMILES string of the molecule is CC(C)c1ccc(NC(=O)CSc2ccc(NC(=O)c3cccc(Cl)c3)cc2)cc1. The van der Waals surface area contributed by atoms with Crippen molar-refractivity contribution in [2.75, 3.05) is 16.4 Å². The molecule has 0 aliphatic heterocycles. The van der Waals surface area contributed by atoms with E-state index in [2.05, 4.69) is 24.5 Å². The number of amides is 2. The second-order valence-electron chi connectivity index (χ2n) is 7.10. The average molecular weight is 439 g/mol. The van der Waals surface area contributed by atoms with Crippen LogP contribution in [0.1, 0.15) is 35.7 Å². The third-order valence-electron chi connectivity index (χ3n) is 4.43. The van der Waals surface area contributed by atoms with Crippen LogP contribution in [0.5, 0.6) is 0 Å². The Morgan fingerprint density at radius 2 is 1.53 bits per heavy atom. The fourth-order valence-electron chi connectivity index (χ4n) is 2.76. The molecule has 0 aromatic heterocycles. The molecule has 0 bridgehead atoms. The van der Waals surface area contributed by atoms with E-state index in [4.69, 9.17) is 11.6 Å². The largest absolute Gasteiger partial charge is 0.325 e. The quantitative estimate of drug-likeness (QED) is 0.417. The van der Waals surface area contributed by atoms with E-state index in [-0.39, 0.29) is 11.8 Å². The summed E-state index contributed by atoms with van der Waals surface area (Å²) in [6.07, 6.45) is 0. The number of rotatable bonds is 7. The van der Waals surface area contributed by atoms with Crippen molar-refractivity contribution >= 4 is 46.6 Å². The highest BCUT2D eigenvalue weighted by Gasteiger charge is 2.08. The zero-order valence-corrected chi connectivity index (χ0v) is 18.4. The Labute approximate surface area is 186 Å². The van der Waals surface area contributed by atoms with Crippen LogP contribution in [-0.2, 0) is 4.79 Å². The predicted molar refractivity (Wildman–Crippen MR) is 126 cm³/mol. The number of nitrogens with one attached hydrogen (secondary N) is 2. The van der Waals surface area contributed by atoms with Crippen LogP contribution in [0.4, 0.5) is 11.4 Å². The van der Waals surface area contributed by atoms with E-state index < -0.39 is 0 Å². The smallest absolute Gasteiger partial charge is 0.255 e. The predicted octanol–water partition coefficient (Wildman–Crippen LogP) is 6.45. The number of hydrogen-bond acceptors (Lipinski definition) is 3. The summed E-state index contributed by atoms with van der Waals surface area (Å²) in [6, 6.07) is 22.1. The Morgan fingerprint density at radius 3 is 2.17 bits per heavy atom. The highest BCUT2D eigenvalue weighted by Crippen LogP contribution is 2.22. The first-order valence-electron chi connectivity index (χ1n) is 9.60. The van der Waals surface area contributed by atoms with Gasteiger partial charge in [0.05, 0.1) is 5.75 Å². The van der Waals surface area contributed by atoms with Crippen molar-refractivity contribution in [1.82, 2.24) is 0 Å². The maximum Gasteiger partial charge on any atom is 0.255 e. The lowest BCUT2D eigenvalue weighted by molar-refractivity contribution is -0.113. The van der Waals surface area contributed by atoms with Gasteiger partial charge in [-0.05, 0) is 66.1 Å². The zero-order valence-electron chi connectivity index (χ0n) is 16.8. The third-order valence-corrected chi connectivity index (χ3v) is 5.68. The van der Waals surface area contributed by atoms with E-state index in [1.165, 1.54) is 17.3 Å². The van der Waals surface area contributed by atoms with Gasteiger partial charge in [0.2, 0.25) is 5.91 Å². The number of hydrogen-bond donors (Lipinski definition) is 2. The molecule has 0 aliphatic carbocycles. The maximum absolute atomic E-state index is 12.3. The van der Waals surface area contributed by atoms with Crippen LogP contribution in [0.25, 0.3) is 0 Å². The summed E-state index contributed by atoms with van der Waals surface area (Å²) in [5.41, 5.74) is 3.21. The molecule has 3 aromatic rings. The minimum atomic E-state index is -0.222. The van der Waals surface area contributed by atoms with Gasteiger partial charge in [-0.2, -0.15) is 0 Å². The molecule has 6 heteroatoms. The van der Waals surface area contributed by atoms with Gasteiger partial charge in [-0.25, -0.2) is 0 Å². The van der Waals surface area contributed by atoms with Crippen molar-refractivity contribution < 1.29 is 9.59 Å². The first kappa shape index (κ1) is 21.9. The minimum absolute atomic E-state index is 0.0596. The summed E-state index contributed by atoms with van der Waals surface area (Å²) < 4.78 is 0. The van der Waals surface area contributed by atoms with Crippen molar-refractivity contribution in [3.63, 3.8) is 0 Å². The molecule has 0 radical (unpaired) electrons. The summed E-state index contributed by atoms with van der Waals surface area (Å²) in [4.78, 5) is 25.4.